The molecule has 10 heteroatoms. The summed E-state index contributed by atoms with van der Waals surface area (Å²) in [5.41, 5.74) is 7.36. The largest absolute Gasteiger partial charge is 0.461 e. The lowest BCUT2D eigenvalue weighted by Crippen LogP contribution is -2.46. The standard InChI is InChI=1S/C18H19N9O/c19-16-22-17(23-18-21-15(24-27(16)18)14-2-1-11-28-14)26-9-7-25(8-10-26)12-13-3-5-20-6-4-13/h1-6,11H,7-10,12H2,(H2,19,21,22,23,24). The maximum absolute atomic E-state index is 6.10. The number of piperazine rings is 1. The Kier molecular flexibility index (Phi) is 4.09. The molecule has 0 unspecified atom stereocenters. The summed E-state index contributed by atoms with van der Waals surface area (Å²) in [7, 11) is 0. The highest BCUT2D eigenvalue weighted by molar-refractivity contribution is 5.53. The molecule has 0 saturated carbocycles. The second-order valence-corrected chi connectivity index (χ2v) is 6.62. The van der Waals surface area contributed by atoms with E-state index in [9.17, 15) is 0 Å². The van der Waals surface area contributed by atoms with Crippen molar-refractivity contribution in [1.82, 2.24) is 34.4 Å². The molecule has 0 aromatic carbocycles. The zero-order valence-corrected chi connectivity index (χ0v) is 15.1. The number of hydrogen-bond donors (Lipinski definition) is 1. The number of nitrogen functional groups attached to an aromatic ring is 1. The second kappa shape index (κ2) is 6.89. The minimum Gasteiger partial charge on any atom is -0.461 e. The minimum atomic E-state index is 0.254. The van der Waals surface area contributed by atoms with Crippen LogP contribution >= 0.6 is 0 Å². The SMILES string of the molecule is Nc1nc(N2CCN(Cc3ccncc3)CC2)nc2nc(-c3ccco3)nn12. The van der Waals surface area contributed by atoms with E-state index in [0.29, 0.717) is 23.3 Å². The summed E-state index contributed by atoms with van der Waals surface area (Å²) in [6.07, 6.45) is 5.23. The Balaban J connectivity index is 1.32. The zero-order chi connectivity index (χ0) is 18.9. The molecule has 5 rings (SSSR count). The molecular formula is C18H19N9O. The van der Waals surface area contributed by atoms with Crippen molar-refractivity contribution in [2.75, 3.05) is 36.8 Å². The van der Waals surface area contributed by atoms with Gasteiger partial charge in [-0.25, -0.2) is 0 Å². The molecule has 1 aliphatic heterocycles. The van der Waals surface area contributed by atoms with Crippen LogP contribution in [0.25, 0.3) is 17.4 Å². The summed E-state index contributed by atoms with van der Waals surface area (Å²) >= 11 is 0. The van der Waals surface area contributed by atoms with Gasteiger partial charge in [0.2, 0.25) is 17.7 Å². The number of nitrogens with zero attached hydrogens (tertiary/aromatic N) is 8. The number of furan rings is 1. The molecule has 1 aliphatic rings. The summed E-state index contributed by atoms with van der Waals surface area (Å²) in [5, 5.41) is 4.33. The van der Waals surface area contributed by atoms with Gasteiger partial charge in [0.05, 0.1) is 6.26 Å². The van der Waals surface area contributed by atoms with Gasteiger partial charge in [0.1, 0.15) is 0 Å². The Morgan fingerprint density at radius 3 is 2.57 bits per heavy atom. The molecule has 0 radical (unpaired) electrons. The fourth-order valence-electron chi connectivity index (χ4n) is 3.30. The summed E-state index contributed by atoms with van der Waals surface area (Å²) in [6, 6.07) is 7.67. The molecule has 0 bridgehead atoms. The molecule has 4 aromatic heterocycles. The van der Waals surface area contributed by atoms with Gasteiger partial charge in [0.25, 0.3) is 5.78 Å². The Hall–Kier alpha value is -3.53. The van der Waals surface area contributed by atoms with Crippen LogP contribution in [-0.2, 0) is 6.54 Å². The van der Waals surface area contributed by atoms with Crippen LogP contribution in [0.1, 0.15) is 5.56 Å². The summed E-state index contributed by atoms with van der Waals surface area (Å²) < 4.78 is 6.78. The Bertz CT molecular complexity index is 1070. The van der Waals surface area contributed by atoms with Gasteiger partial charge in [-0.3, -0.25) is 9.88 Å². The van der Waals surface area contributed by atoms with E-state index in [1.807, 2.05) is 24.5 Å². The lowest BCUT2D eigenvalue weighted by molar-refractivity contribution is 0.248. The molecule has 0 atom stereocenters. The third-order valence-corrected chi connectivity index (χ3v) is 4.77. The van der Waals surface area contributed by atoms with Crippen molar-refractivity contribution in [3.05, 3.63) is 48.5 Å². The Morgan fingerprint density at radius 1 is 1.00 bits per heavy atom. The average Bonchev–Trinajstić information content (AvgIpc) is 3.39. The second-order valence-electron chi connectivity index (χ2n) is 6.62. The van der Waals surface area contributed by atoms with Gasteiger partial charge in [-0.2, -0.15) is 19.5 Å². The summed E-state index contributed by atoms with van der Waals surface area (Å²) in [4.78, 5) is 22.0. The van der Waals surface area contributed by atoms with Crippen molar-refractivity contribution in [3.8, 4) is 11.6 Å². The predicted molar refractivity (Wildman–Crippen MR) is 102 cm³/mol. The van der Waals surface area contributed by atoms with Gasteiger partial charge in [-0.05, 0) is 29.8 Å². The van der Waals surface area contributed by atoms with E-state index in [1.165, 1.54) is 10.1 Å². The smallest absolute Gasteiger partial charge is 0.259 e. The molecular weight excluding hydrogens is 358 g/mol. The van der Waals surface area contributed by atoms with E-state index in [1.54, 1.807) is 18.4 Å². The predicted octanol–water partition coefficient (Wildman–Crippen LogP) is 1.08. The molecule has 5 heterocycles. The lowest BCUT2D eigenvalue weighted by atomic mass is 10.2. The molecule has 0 amide bonds. The highest BCUT2D eigenvalue weighted by Gasteiger charge is 2.21. The number of aromatic nitrogens is 6. The minimum absolute atomic E-state index is 0.254. The highest BCUT2D eigenvalue weighted by atomic mass is 16.3. The van der Waals surface area contributed by atoms with Crippen LogP contribution in [-0.4, -0.2) is 60.6 Å². The van der Waals surface area contributed by atoms with Crippen LogP contribution in [0, 0.1) is 0 Å². The van der Waals surface area contributed by atoms with Gasteiger partial charge in [-0.15, -0.1) is 5.10 Å². The van der Waals surface area contributed by atoms with Crippen molar-refractivity contribution < 1.29 is 4.42 Å². The monoisotopic (exact) mass is 377 g/mol. The van der Waals surface area contributed by atoms with Gasteiger partial charge >= 0.3 is 0 Å². The quantitative estimate of drug-likeness (QED) is 0.558. The van der Waals surface area contributed by atoms with E-state index in [0.717, 1.165) is 32.7 Å². The average molecular weight is 377 g/mol. The molecule has 2 N–H and O–H groups in total. The van der Waals surface area contributed by atoms with E-state index >= 15 is 0 Å². The van der Waals surface area contributed by atoms with Gasteiger partial charge < -0.3 is 15.1 Å². The first-order chi connectivity index (χ1) is 13.8. The Labute approximate surface area is 160 Å². The normalized spacial score (nSPS) is 15.4. The molecule has 1 saturated heterocycles. The number of nitrogens with two attached hydrogens (primary N) is 1. The molecule has 142 valence electrons. The van der Waals surface area contributed by atoms with Crippen LogP contribution in [0.3, 0.4) is 0 Å². The number of pyridine rings is 1. The fraction of sp³-hybridized carbons (Fsp3) is 0.278. The third kappa shape index (κ3) is 3.14. The summed E-state index contributed by atoms with van der Waals surface area (Å²) in [5.74, 6) is 2.24. The number of anilines is 2. The topological polar surface area (TPSA) is 114 Å². The van der Waals surface area contributed by atoms with Crippen molar-refractivity contribution in [2.45, 2.75) is 6.54 Å². The van der Waals surface area contributed by atoms with Crippen molar-refractivity contribution in [2.24, 2.45) is 0 Å². The van der Waals surface area contributed by atoms with Crippen molar-refractivity contribution in [1.29, 1.82) is 0 Å². The van der Waals surface area contributed by atoms with E-state index in [-0.39, 0.29) is 5.95 Å². The van der Waals surface area contributed by atoms with Crippen molar-refractivity contribution in [3.63, 3.8) is 0 Å². The molecule has 0 aliphatic carbocycles. The maximum atomic E-state index is 6.10. The molecule has 10 nitrogen and oxygen atoms in total. The number of rotatable bonds is 4. The third-order valence-electron chi connectivity index (χ3n) is 4.77. The maximum Gasteiger partial charge on any atom is 0.259 e. The van der Waals surface area contributed by atoms with Crippen LogP contribution in [0.15, 0.2) is 47.3 Å². The molecule has 4 aromatic rings. The molecule has 28 heavy (non-hydrogen) atoms. The first-order valence-corrected chi connectivity index (χ1v) is 9.07. The molecule has 1 fully saturated rings. The lowest BCUT2D eigenvalue weighted by Gasteiger charge is -2.34. The van der Waals surface area contributed by atoms with Crippen LogP contribution in [0.5, 0.6) is 0 Å². The fourth-order valence-corrected chi connectivity index (χ4v) is 3.30. The van der Waals surface area contributed by atoms with Gasteiger partial charge in [0, 0.05) is 45.1 Å². The van der Waals surface area contributed by atoms with Crippen molar-refractivity contribution >= 4 is 17.7 Å². The van der Waals surface area contributed by atoms with Crippen LogP contribution in [0.2, 0.25) is 0 Å². The number of fused-ring (bicyclic) bond motifs is 1. The first kappa shape index (κ1) is 16.6. The highest BCUT2D eigenvalue weighted by Crippen LogP contribution is 2.19. The van der Waals surface area contributed by atoms with E-state index < -0.39 is 0 Å². The number of hydrogen-bond acceptors (Lipinski definition) is 9. The van der Waals surface area contributed by atoms with Gasteiger partial charge in [-0.1, -0.05) is 0 Å². The van der Waals surface area contributed by atoms with E-state index in [4.69, 9.17) is 10.2 Å². The van der Waals surface area contributed by atoms with Crippen LogP contribution in [0.4, 0.5) is 11.9 Å². The van der Waals surface area contributed by atoms with Gasteiger partial charge in [0.15, 0.2) is 5.76 Å². The van der Waals surface area contributed by atoms with E-state index in [2.05, 4.69) is 34.8 Å². The Morgan fingerprint density at radius 2 is 1.82 bits per heavy atom. The summed E-state index contributed by atoms with van der Waals surface area (Å²) in [6.45, 7) is 4.39. The van der Waals surface area contributed by atoms with Crippen LogP contribution < -0.4 is 10.6 Å². The zero-order valence-electron chi connectivity index (χ0n) is 15.1. The first-order valence-electron chi connectivity index (χ1n) is 9.07. The molecule has 0 spiro atoms.